The number of carboxylic acid groups (broad SMARTS) is 1. The van der Waals surface area contributed by atoms with Crippen LogP contribution in [0.15, 0.2) is 18.3 Å². The number of halogens is 3. The van der Waals surface area contributed by atoms with Crippen molar-refractivity contribution in [3.63, 3.8) is 0 Å². The van der Waals surface area contributed by atoms with E-state index in [0.717, 1.165) is 12.3 Å². The standard InChI is InChI=1S/C14H17F3N2O4/c1-8(2)5-10(13(21)22)19-12(20)9-3-4-18-11(6-9)23-7-14(15,16)17/h3-4,6,8,10H,5,7H2,1-2H3,(H,19,20)(H,21,22)/t10-/m1/s1. The quantitative estimate of drug-likeness (QED) is 0.798. The van der Waals surface area contributed by atoms with Crippen LogP contribution in [0.25, 0.3) is 0 Å². The summed E-state index contributed by atoms with van der Waals surface area (Å²) in [6, 6.07) is 1.19. The van der Waals surface area contributed by atoms with Gasteiger partial charge in [-0.25, -0.2) is 9.78 Å². The summed E-state index contributed by atoms with van der Waals surface area (Å²) in [4.78, 5) is 26.7. The molecule has 0 aliphatic carbocycles. The molecule has 0 saturated heterocycles. The zero-order valence-electron chi connectivity index (χ0n) is 12.6. The van der Waals surface area contributed by atoms with Crippen LogP contribution >= 0.6 is 0 Å². The molecule has 1 atom stereocenters. The van der Waals surface area contributed by atoms with E-state index in [2.05, 4.69) is 15.0 Å². The number of aromatic nitrogens is 1. The lowest BCUT2D eigenvalue weighted by molar-refractivity contribution is -0.154. The van der Waals surface area contributed by atoms with Crippen molar-refractivity contribution >= 4 is 11.9 Å². The number of nitrogens with one attached hydrogen (secondary N) is 1. The molecule has 0 aliphatic heterocycles. The highest BCUT2D eigenvalue weighted by atomic mass is 19.4. The Bertz CT molecular complexity index is 561. The van der Waals surface area contributed by atoms with Gasteiger partial charge in [-0.15, -0.1) is 0 Å². The van der Waals surface area contributed by atoms with Crippen LogP contribution in [0, 0.1) is 5.92 Å². The van der Waals surface area contributed by atoms with Crippen LogP contribution in [0.2, 0.25) is 0 Å². The highest BCUT2D eigenvalue weighted by Gasteiger charge is 2.29. The van der Waals surface area contributed by atoms with Crippen molar-refractivity contribution in [2.24, 2.45) is 5.92 Å². The summed E-state index contributed by atoms with van der Waals surface area (Å²) in [7, 11) is 0. The minimum Gasteiger partial charge on any atom is -0.480 e. The maximum Gasteiger partial charge on any atom is 0.422 e. The predicted octanol–water partition coefficient (Wildman–Crippen LogP) is 2.25. The summed E-state index contributed by atoms with van der Waals surface area (Å²) in [5.41, 5.74) is -0.0350. The highest BCUT2D eigenvalue weighted by Crippen LogP contribution is 2.17. The van der Waals surface area contributed by atoms with Gasteiger partial charge in [-0.05, 0) is 18.4 Å². The monoisotopic (exact) mass is 334 g/mol. The van der Waals surface area contributed by atoms with Crippen LogP contribution in [-0.4, -0.2) is 40.8 Å². The molecule has 1 rings (SSSR count). The summed E-state index contributed by atoms with van der Waals surface area (Å²) >= 11 is 0. The van der Waals surface area contributed by atoms with Crippen molar-refractivity contribution in [3.05, 3.63) is 23.9 Å². The minimum atomic E-state index is -4.52. The van der Waals surface area contributed by atoms with Crippen LogP contribution in [0.4, 0.5) is 13.2 Å². The zero-order valence-corrected chi connectivity index (χ0v) is 12.6. The molecule has 0 aromatic carbocycles. The maximum atomic E-state index is 12.1. The molecule has 6 nitrogen and oxygen atoms in total. The molecule has 0 saturated carbocycles. The number of hydrogen-bond acceptors (Lipinski definition) is 4. The first-order valence-corrected chi connectivity index (χ1v) is 6.77. The van der Waals surface area contributed by atoms with Crippen LogP contribution in [0.1, 0.15) is 30.6 Å². The van der Waals surface area contributed by atoms with E-state index in [1.54, 1.807) is 13.8 Å². The first-order valence-electron chi connectivity index (χ1n) is 6.77. The Balaban J connectivity index is 2.77. The first kappa shape index (κ1) is 18.7. The third kappa shape index (κ3) is 6.98. The van der Waals surface area contributed by atoms with E-state index in [4.69, 9.17) is 5.11 Å². The predicted molar refractivity (Wildman–Crippen MR) is 74.1 cm³/mol. The number of hydrogen-bond donors (Lipinski definition) is 2. The van der Waals surface area contributed by atoms with Crippen molar-refractivity contribution in [1.82, 2.24) is 10.3 Å². The zero-order chi connectivity index (χ0) is 17.6. The Hall–Kier alpha value is -2.32. The topological polar surface area (TPSA) is 88.5 Å². The largest absolute Gasteiger partial charge is 0.480 e. The molecule has 1 heterocycles. The third-order valence-electron chi connectivity index (χ3n) is 2.69. The van der Waals surface area contributed by atoms with Crippen molar-refractivity contribution < 1.29 is 32.6 Å². The smallest absolute Gasteiger partial charge is 0.422 e. The summed E-state index contributed by atoms with van der Waals surface area (Å²) in [6.07, 6.45) is -3.19. The fourth-order valence-electron chi connectivity index (χ4n) is 1.72. The van der Waals surface area contributed by atoms with Gasteiger partial charge in [-0.3, -0.25) is 4.79 Å². The number of carbonyl (C=O) groups is 2. The third-order valence-corrected chi connectivity index (χ3v) is 2.69. The molecular formula is C14H17F3N2O4. The molecule has 128 valence electrons. The second-order valence-electron chi connectivity index (χ2n) is 5.28. The first-order chi connectivity index (χ1) is 10.6. The summed E-state index contributed by atoms with van der Waals surface area (Å²) < 4.78 is 40.7. The van der Waals surface area contributed by atoms with Gasteiger partial charge >= 0.3 is 12.1 Å². The minimum absolute atomic E-state index is 0.0350. The second kappa shape index (κ2) is 7.80. The van der Waals surface area contributed by atoms with Crippen LogP contribution in [0.5, 0.6) is 5.88 Å². The Kier molecular flexibility index (Phi) is 6.35. The summed E-state index contributed by atoms with van der Waals surface area (Å²) in [5.74, 6) is -2.24. The van der Waals surface area contributed by atoms with Crippen molar-refractivity contribution in [2.45, 2.75) is 32.5 Å². The van der Waals surface area contributed by atoms with Crippen molar-refractivity contribution in [2.75, 3.05) is 6.61 Å². The molecular weight excluding hydrogens is 317 g/mol. The molecule has 9 heteroatoms. The van der Waals surface area contributed by atoms with E-state index < -0.39 is 30.7 Å². The molecule has 0 fully saturated rings. The number of nitrogens with zero attached hydrogens (tertiary/aromatic N) is 1. The Labute approximate surface area is 130 Å². The van der Waals surface area contributed by atoms with Gasteiger partial charge in [0, 0.05) is 17.8 Å². The number of ether oxygens (including phenoxy) is 1. The Morgan fingerprint density at radius 3 is 2.57 bits per heavy atom. The maximum absolute atomic E-state index is 12.1. The van der Waals surface area contributed by atoms with E-state index >= 15 is 0 Å². The average Bonchev–Trinajstić information content (AvgIpc) is 2.43. The fraction of sp³-hybridized carbons (Fsp3) is 0.500. The molecule has 23 heavy (non-hydrogen) atoms. The van der Waals surface area contributed by atoms with Crippen molar-refractivity contribution in [3.8, 4) is 5.88 Å². The van der Waals surface area contributed by atoms with Crippen LogP contribution in [0.3, 0.4) is 0 Å². The lowest BCUT2D eigenvalue weighted by Gasteiger charge is -2.16. The number of amides is 1. The lowest BCUT2D eigenvalue weighted by Crippen LogP contribution is -2.41. The average molecular weight is 334 g/mol. The van der Waals surface area contributed by atoms with Gasteiger partial charge in [0.25, 0.3) is 5.91 Å². The van der Waals surface area contributed by atoms with E-state index in [-0.39, 0.29) is 23.8 Å². The van der Waals surface area contributed by atoms with Gasteiger partial charge in [0.2, 0.25) is 5.88 Å². The normalized spacial score (nSPS) is 12.8. The molecule has 1 aromatic heterocycles. The molecule has 0 aliphatic rings. The Morgan fingerprint density at radius 1 is 1.39 bits per heavy atom. The summed E-state index contributed by atoms with van der Waals surface area (Å²) in [5, 5.41) is 11.4. The van der Waals surface area contributed by atoms with Gasteiger partial charge < -0.3 is 15.2 Å². The molecule has 1 aromatic rings. The number of carboxylic acids is 1. The van der Waals surface area contributed by atoms with Gasteiger partial charge in [-0.2, -0.15) is 13.2 Å². The van der Waals surface area contributed by atoms with Crippen molar-refractivity contribution in [1.29, 1.82) is 0 Å². The number of rotatable bonds is 7. The molecule has 0 spiro atoms. The van der Waals surface area contributed by atoms with Crippen LogP contribution < -0.4 is 10.1 Å². The number of carbonyl (C=O) groups excluding carboxylic acids is 1. The molecule has 1 amide bonds. The Morgan fingerprint density at radius 2 is 2.04 bits per heavy atom. The van der Waals surface area contributed by atoms with Crippen LogP contribution in [-0.2, 0) is 4.79 Å². The highest BCUT2D eigenvalue weighted by molar-refractivity contribution is 5.96. The van der Waals surface area contributed by atoms with Gasteiger partial charge in [0.1, 0.15) is 6.04 Å². The van der Waals surface area contributed by atoms with Gasteiger partial charge in [0.05, 0.1) is 0 Å². The SMILES string of the molecule is CC(C)C[C@@H](NC(=O)c1ccnc(OCC(F)(F)F)c1)C(=O)O. The molecule has 2 N–H and O–H groups in total. The number of pyridine rings is 1. The number of aliphatic carboxylic acids is 1. The molecule has 0 radical (unpaired) electrons. The van der Waals surface area contributed by atoms with E-state index in [1.807, 2.05) is 0 Å². The second-order valence-corrected chi connectivity index (χ2v) is 5.28. The number of alkyl halides is 3. The van der Waals surface area contributed by atoms with Gasteiger partial charge in [0.15, 0.2) is 6.61 Å². The van der Waals surface area contributed by atoms with E-state index in [1.165, 1.54) is 6.07 Å². The van der Waals surface area contributed by atoms with Gasteiger partial charge in [-0.1, -0.05) is 13.8 Å². The molecule has 0 bridgehead atoms. The molecule has 0 unspecified atom stereocenters. The summed E-state index contributed by atoms with van der Waals surface area (Å²) in [6.45, 7) is 2.07. The fourth-order valence-corrected chi connectivity index (χ4v) is 1.72. The lowest BCUT2D eigenvalue weighted by atomic mass is 10.0. The van der Waals surface area contributed by atoms with E-state index in [0.29, 0.717) is 0 Å². The van der Waals surface area contributed by atoms with E-state index in [9.17, 15) is 22.8 Å².